The van der Waals surface area contributed by atoms with Crippen LogP contribution in [0.1, 0.15) is 75.2 Å². The lowest BCUT2D eigenvalue weighted by Crippen LogP contribution is -2.68. The highest BCUT2D eigenvalue weighted by atomic mass is 16.5. The molecule has 0 spiro atoms. The van der Waals surface area contributed by atoms with Gasteiger partial charge in [-0.25, -0.2) is 0 Å². The molecule has 2 aliphatic carbocycles. The van der Waals surface area contributed by atoms with E-state index in [4.69, 9.17) is 9.47 Å². The van der Waals surface area contributed by atoms with Crippen molar-refractivity contribution < 1.29 is 19.1 Å². The summed E-state index contributed by atoms with van der Waals surface area (Å²) < 4.78 is 12.1. The number of likely N-dealkylation sites (tertiary alicyclic amines) is 1. The molecule has 3 aliphatic rings. The van der Waals surface area contributed by atoms with Crippen LogP contribution in [0.2, 0.25) is 0 Å². The Morgan fingerprint density at radius 2 is 1.82 bits per heavy atom. The Kier molecular flexibility index (Phi) is 8.16. The molecule has 0 N–H and O–H groups in total. The van der Waals surface area contributed by atoms with Crippen LogP contribution in [0.3, 0.4) is 0 Å². The van der Waals surface area contributed by atoms with Crippen molar-refractivity contribution >= 4 is 11.9 Å². The van der Waals surface area contributed by atoms with Gasteiger partial charge in [-0.2, -0.15) is 0 Å². The number of piperidine rings is 1. The molecule has 3 fully saturated rings. The summed E-state index contributed by atoms with van der Waals surface area (Å²) in [5, 5.41) is 0. The molecule has 0 aromatic heterocycles. The highest BCUT2D eigenvalue weighted by Crippen LogP contribution is 2.55. The van der Waals surface area contributed by atoms with E-state index < -0.39 is 0 Å². The predicted molar refractivity (Wildman–Crippen MR) is 153 cm³/mol. The molecule has 1 saturated heterocycles. The van der Waals surface area contributed by atoms with E-state index in [1.807, 2.05) is 55.6 Å². The van der Waals surface area contributed by atoms with Gasteiger partial charge < -0.3 is 19.3 Å². The van der Waals surface area contributed by atoms with E-state index in [0.29, 0.717) is 11.7 Å². The van der Waals surface area contributed by atoms with Crippen molar-refractivity contribution in [2.24, 2.45) is 11.8 Å². The number of benzene rings is 2. The van der Waals surface area contributed by atoms with E-state index in [9.17, 15) is 9.59 Å². The number of fused-ring (bicyclic) bond motifs is 1. The first-order chi connectivity index (χ1) is 18.7. The molecule has 0 unspecified atom stereocenters. The molecular formula is C33H44N2O4. The number of ether oxygens (including phenoxy) is 2. The number of hydrogen-bond acceptors (Lipinski definition) is 5. The summed E-state index contributed by atoms with van der Waals surface area (Å²) in [6, 6.07) is 17.8. The van der Waals surface area contributed by atoms with Crippen LogP contribution in [0.15, 0.2) is 54.6 Å². The lowest BCUT2D eigenvalue weighted by atomic mass is 9.54. The highest BCUT2D eigenvalue weighted by molar-refractivity contribution is 5.94. The van der Waals surface area contributed by atoms with Gasteiger partial charge in [-0.3, -0.25) is 9.59 Å². The van der Waals surface area contributed by atoms with E-state index >= 15 is 0 Å². The van der Waals surface area contributed by atoms with Crippen LogP contribution in [0.4, 0.5) is 0 Å². The van der Waals surface area contributed by atoms with E-state index in [-0.39, 0.29) is 28.9 Å². The first kappa shape index (κ1) is 27.9. The van der Waals surface area contributed by atoms with Crippen LogP contribution in [-0.4, -0.2) is 66.6 Å². The molecule has 2 aromatic rings. The van der Waals surface area contributed by atoms with E-state index in [1.165, 1.54) is 19.8 Å². The number of carbonyl (C=O) groups is 2. The van der Waals surface area contributed by atoms with Gasteiger partial charge in [0, 0.05) is 50.7 Å². The lowest BCUT2D eigenvalue weighted by Gasteiger charge is -2.61. The van der Waals surface area contributed by atoms with E-state index in [2.05, 4.69) is 29.7 Å². The first-order valence-corrected chi connectivity index (χ1v) is 14.7. The summed E-state index contributed by atoms with van der Waals surface area (Å²) in [5.41, 5.74) is 1.22. The Hall–Kier alpha value is -2.70. The van der Waals surface area contributed by atoms with Crippen LogP contribution in [0.25, 0.3) is 0 Å². The van der Waals surface area contributed by atoms with E-state index in [1.54, 1.807) is 0 Å². The number of esters is 1. The molecule has 2 saturated carbocycles. The van der Waals surface area contributed by atoms with Crippen molar-refractivity contribution in [3.8, 4) is 5.75 Å². The Balaban J connectivity index is 1.54. The Morgan fingerprint density at radius 3 is 2.49 bits per heavy atom. The van der Waals surface area contributed by atoms with Crippen molar-refractivity contribution in [3.05, 3.63) is 65.7 Å². The second-order valence-electron chi connectivity index (χ2n) is 12.4. The number of nitrogens with zero attached hydrogens (tertiary/aromatic N) is 2. The van der Waals surface area contributed by atoms with Gasteiger partial charge in [0.2, 0.25) is 0 Å². The smallest absolute Gasteiger partial charge is 0.308 e. The maximum Gasteiger partial charge on any atom is 0.308 e. The number of hydrogen-bond donors (Lipinski definition) is 0. The summed E-state index contributed by atoms with van der Waals surface area (Å²) in [5.74, 6) is 1.53. The number of rotatable bonds is 9. The van der Waals surface area contributed by atoms with Crippen molar-refractivity contribution in [2.75, 3.05) is 33.3 Å². The van der Waals surface area contributed by atoms with Gasteiger partial charge >= 0.3 is 5.97 Å². The standard InChI is InChI=1S/C33H44N2O4/c1-24(2)21-35(31(37)27-9-6-5-7-10-27)29-15-16-33(38-4)23-34(22-26-13-14-26)18-17-32(33,20-29)28-11-8-12-30(19-28)39-25(3)36/h5-12,19,24,26,29H,13-18,20-23H2,1-4H3/t29-,32+,33+/m1/s1. The zero-order valence-electron chi connectivity index (χ0n) is 24.0. The Morgan fingerprint density at radius 1 is 1.05 bits per heavy atom. The molecule has 2 aromatic carbocycles. The average Bonchev–Trinajstić information content (AvgIpc) is 3.75. The molecule has 5 rings (SSSR count). The minimum atomic E-state index is -0.370. The molecule has 1 amide bonds. The SMILES string of the molecule is CO[C@]12CC[C@@H](N(CC(C)C)C(=O)c3ccccc3)C[C@]1(c1cccc(OC(C)=O)c1)CCN(CC1CC1)C2. The topological polar surface area (TPSA) is 59.1 Å². The third-order valence-electron chi connectivity index (χ3n) is 9.21. The van der Waals surface area contributed by atoms with Crippen LogP contribution in [0.5, 0.6) is 5.75 Å². The maximum atomic E-state index is 13.9. The Bertz CT molecular complexity index is 1160. The van der Waals surface area contributed by atoms with Crippen molar-refractivity contribution in [1.29, 1.82) is 0 Å². The summed E-state index contributed by atoms with van der Waals surface area (Å²) in [6.45, 7) is 9.56. The van der Waals surface area contributed by atoms with Gasteiger partial charge in [0.1, 0.15) is 5.75 Å². The van der Waals surface area contributed by atoms with Crippen LogP contribution in [0, 0.1) is 11.8 Å². The normalized spacial score (nSPS) is 27.2. The Labute approximate surface area is 233 Å². The van der Waals surface area contributed by atoms with Crippen LogP contribution >= 0.6 is 0 Å². The van der Waals surface area contributed by atoms with Crippen LogP contribution in [-0.2, 0) is 14.9 Å². The monoisotopic (exact) mass is 532 g/mol. The molecule has 39 heavy (non-hydrogen) atoms. The summed E-state index contributed by atoms with van der Waals surface area (Å²) in [4.78, 5) is 30.5. The highest BCUT2D eigenvalue weighted by Gasteiger charge is 2.60. The maximum absolute atomic E-state index is 13.9. The fourth-order valence-electron chi connectivity index (χ4n) is 7.21. The van der Waals surface area contributed by atoms with Gasteiger partial charge in [0.25, 0.3) is 5.91 Å². The van der Waals surface area contributed by atoms with Gasteiger partial charge in [-0.1, -0.05) is 44.2 Å². The molecule has 210 valence electrons. The molecule has 0 radical (unpaired) electrons. The van der Waals surface area contributed by atoms with E-state index in [0.717, 1.165) is 68.9 Å². The second-order valence-corrected chi connectivity index (χ2v) is 12.4. The van der Waals surface area contributed by atoms with Gasteiger partial charge in [-0.05, 0) is 86.7 Å². The zero-order chi connectivity index (χ0) is 27.6. The molecule has 0 bridgehead atoms. The summed E-state index contributed by atoms with van der Waals surface area (Å²) in [7, 11) is 1.87. The fourth-order valence-corrected chi connectivity index (χ4v) is 7.21. The molecule has 6 nitrogen and oxygen atoms in total. The minimum Gasteiger partial charge on any atom is -0.427 e. The van der Waals surface area contributed by atoms with Crippen LogP contribution < -0.4 is 4.74 Å². The molecular weight excluding hydrogens is 488 g/mol. The predicted octanol–water partition coefficient (Wildman–Crippen LogP) is 5.70. The zero-order valence-corrected chi connectivity index (χ0v) is 24.0. The van der Waals surface area contributed by atoms with Crippen molar-refractivity contribution in [3.63, 3.8) is 0 Å². The molecule has 3 atom stereocenters. The van der Waals surface area contributed by atoms with Crippen molar-refractivity contribution in [2.45, 2.75) is 76.4 Å². The quantitative estimate of drug-likeness (QED) is 0.306. The number of methoxy groups -OCH3 is 1. The summed E-state index contributed by atoms with van der Waals surface area (Å²) in [6.07, 6.45) is 6.22. The largest absolute Gasteiger partial charge is 0.427 e. The first-order valence-electron chi connectivity index (χ1n) is 14.7. The third kappa shape index (κ3) is 5.78. The lowest BCUT2D eigenvalue weighted by molar-refractivity contribution is -0.155. The average molecular weight is 533 g/mol. The van der Waals surface area contributed by atoms with Crippen molar-refractivity contribution in [1.82, 2.24) is 9.80 Å². The third-order valence-corrected chi connectivity index (χ3v) is 9.21. The van der Waals surface area contributed by atoms with Gasteiger partial charge in [-0.15, -0.1) is 0 Å². The van der Waals surface area contributed by atoms with Gasteiger partial charge in [0.05, 0.1) is 5.60 Å². The molecule has 1 heterocycles. The second kappa shape index (κ2) is 11.4. The summed E-state index contributed by atoms with van der Waals surface area (Å²) >= 11 is 0. The minimum absolute atomic E-state index is 0.0933. The van der Waals surface area contributed by atoms with Gasteiger partial charge in [0.15, 0.2) is 0 Å². The number of amides is 1. The molecule has 6 heteroatoms. The number of carbonyl (C=O) groups excluding carboxylic acids is 2. The molecule has 1 aliphatic heterocycles. The fraction of sp³-hybridized carbons (Fsp3) is 0.576.